The van der Waals surface area contributed by atoms with Gasteiger partial charge < -0.3 is 0 Å². The number of nitriles is 1. The second-order valence-electron chi connectivity index (χ2n) is 2.58. The summed E-state index contributed by atoms with van der Waals surface area (Å²) in [4.78, 5) is 0. The molecule has 1 atom stereocenters. The molecule has 1 fully saturated rings. The first kappa shape index (κ1) is 6.89. The minimum absolute atomic E-state index is 0.229. The van der Waals surface area contributed by atoms with Crippen molar-refractivity contribution in [3.8, 4) is 6.07 Å². The van der Waals surface area contributed by atoms with E-state index in [0.29, 0.717) is 5.92 Å². The average Bonchev–Trinajstić information content (AvgIpc) is 2.37. The number of halogens is 1. The smallest absolute Gasteiger partial charge is 0.123 e. The van der Waals surface area contributed by atoms with E-state index in [0.717, 1.165) is 12.8 Å². The topological polar surface area (TPSA) is 23.8 Å². The summed E-state index contributed by atoms with van der Waals surface area (Å²) in [5.41, 5.74) is 0. The van der Waals surface area contributed by atoms with Gasteiger partial charge in [0.2, 0.25) is 0 Å². The molecule has 0 heterocycles. The highest BCUT2D eigenvalue weighted by atomic mass is 35.5. The highest BCUT2D eigenvalue weighted by molar-refractivity contribution is 6.22. The Morgan fingerprint density at radius 2 is 2.00 bits per heavy atom. The Balaban J connectivity index is 2.34. The van der Waals surface area contributed by atoms with Gasteiger partial charge in [-0.05, 0) is 18.8 Å². The van der Waals surface area contributed by atoms with Gasteiger partial charge in [-0.3, -0.25) is 0 Å². The normalized spacial score (nSPS) is 23.6. The third-order valence-electron chi connectivity index (χ3n) is 1.94. The van der Waals surface area contributed by atoms with Gasteiger partial charge in [0.25, 0.3) is 0 Å². The van der Waals surface area contributed by atoms with Gasteiger partial charge >= 0.3 is 0 Å². The summed E-state index contributed by atoms with van der Waals surface area (Å²) in [6.45, 7) is 0. The number of hydrogen-bond donors (Lipinski definition) is 0. The minimum Gasteiger partial charge on any atom is -0.197 e. The lowest BCUT2D eigenvalue weighted by Gasteiger charge is -2.06. The van der Waals surface area contributed by atoms with E-state index in [1.807, 2.05) is 0 Å². The first-order valence-electron chi connectivity index (χ1n) is 3.38. The van der Waals surface area contributed by atoms with Crippen LogP contribution < -0.4 is 0 Å². The van der Waals surface area contributed by atoms with Crippen LogP contribution >= 0.6 is 11.6 Å². The first-order chi connectivity index (χ1) is 4.34. The van der Waals surface area contributed by atoms with Gasteiger partial charge in [0, 0.05) is 0 Å². The van der Waals surface area contributed by atoms with Crippen molar-refractivity contribution in [2.24, 2.45) is 5.92 Å². The van der Waals surface area contributed by atoms with Crippen LogP contribution in [0.1, 0.15) is 25.7 Å². The molecule has 0 bridgehead atoms. The summed E-state index contributed by atoms with van der Waals surface area (Å²) in [5.74, 6) is 0.483. The molecule has 0 radical (unpaired) electrons. The third-order valence-corrected chi connectivity index (χ3v) is 2.39. The summed E-state index contributed by atoms with van der Waals surface area (Å²) in [6.07, 6.45) is 4.83. The monoisotopic (exact) mass is 143 g/mol. The van der Waals surface area contributed by atoms with Crippen LogP contribution in [-0.4, -0.2) is 5.38 Å². The molecule has 0 aliphatic heterocycles. The molecule has 1 aliphatic carbocycles. The minimum atomic E-state index is -0.229. The molecule has 1 saturated carbocycles. The van der Waals surface area contributed by atoms with Crippen molar-refractivity contribution < 1.29 is 0 Å². The van der Waals surface area contributed by atoms with Crippen molar-refractivity contribution >= 4 is 11.6 Å². The molecule has 9 heavy (non-hydrogen) atoms. The number of alkyl halides is 1. The molecule has 0 amide bonds. The van der Waals surface area contributed by atoms with Crippen LogP contribution in [0.4, 0.5) is 0 Å². The summed E-state index contributed by atoms with van der Waals surface area (Å²) in [5, 5.41) is 8.18. The van der Waals surface area contributed by atoms with Crippen molar-refractivity contribution in [3.63, 3.8) is 0 Å². The quantitative estimate of drug-likeness (QED) is 0.517. The fourth-order valence-electron chi connectivity index (χ4n) is 1.36. The van der Waals surface area contributed by atoms with E-state index >= 15 is 0 Å². The largest absolute Gasteiger partial charge is 0.197 e. The Morgan fingerprint density at radius 3 is 2.44 bits per heavy atom. The van der Waals surface area contributed by atoms with E-state index in [1.54, 1.807) is 0 Å². The van der Waals surface area contributed by atoms with Crippen LogP contribution in [0.25, 0.3) is 0 Å². The molecule has 0 aromatic carbocycles. The molecule has 1 nitrogen and oxygen atoms in total. The van der Waals surface area contributed by atoms with Crippen molar-refractivity contribution in [2.45, 2.75) is 31.1 Å². The zero-order valence-corrected chi connectivity index (χ0v) is 6.06. The fourth-order valence-corrected chi connectivity index (χ4v) is 1.61. The third kappa shape index (κ3) is 1.59. The van der Waals surface area contributed by atoms with Gasteiger partial charge in [-0.15, -0.1) is 11.6 Å². The number of nitrogens with zero attached hydrogens (tertiary/aromatic N) is 1. The maximum Gasteiger partial charge on any atom is 0.123 e. The van der Waals surface area contributed by atoms with E-state index in [-0.39, 0.29) is 5.38 Å². The van der Waals surface area contributed by atoms with E-state index in [4.69, 9.17) is 16.9 Å². The predicted molar refractivity (Wildman–Crippen MR) is 37.2 cm³/mol. The van der Waals surface area contributed by atoms with Crippen LogP contribution in [-0.2, 0) is 0 Å². The Labute approximate surface area is 60.6 Å². The molecule has 0 N–H and O–H groups in total. The van der Waals surface area contributed by atoms with Crippen LogP contribution in [0.5, 0.6) is 0 Å². The molecule has 0 spiro atoms. The highest BCUT2D eigenvalue weighted by Crippen LogP contribution is 2.29. The standard InChI is InChI=1S/C7H10ClN/c8-7(5-9)6-3-1-2-4-6/h6-7H,1-4H2. The van der Waals surface area contributed by atoms with Gasteiger partial charge in [0.15, 0.2) is 0 Å². The lowest BCUT2D eigenvalue weighted by atomic mass is 10.1. The van der Waals surface area contributed by atoms with Gasteiger partial charge in [-0.2, -0.15) is 5.26 Å². The second-order valence-corrected chi connectivity index (χ2v) is 3.05. The van der Waals surface area contributed by atoms with Crippen LogP contribution in [0.3, 0.4) is 0 Å². The molecule has 0 aromatic rings. The molecule has 1 unspecified atom stereocenters. The van der Waals surface area contributed by atoms with Crippen LogP contribution in [0.15, 0.2) is 0 Å². The first-order valence-corrected chi connectivity index (χ1v) is 3.82. The van der Waals surface area contributed by atoms with E-state index < -0.39 is 0 Å². The lowest BCUT2D eigenvalue weighted by molar-refractivity contribution is 0.570. The van der Waals surface area contributed by atoms with Crippen molar-refractivity contribution in [2.75, 3.05) is 0 Å². The number of hydrogen-bond acceptors (Lipinski definition) is 1. The molecule has 1 rings (SSSR count). The molecule has 2 heteroatoms. The Morgan fingerprint density at radius 1 is 1.44 bits per heavy atom. The van der Waals surface area contributed by atoms with Crippen molar-refractivity contribution in [1.82, 2.24) is 0 Å². The van der Waals surface area contributed by atoms with E-state index in [1.165, 1.54) is 12.8 Å². The van der Waals surface area contributed by atoms with Crippen molar-refractivity contribution in [1.29, 1.82) is 5.26 Å². The van der Waals surface area contributed by atoms with Gasteiger partial charge in [0.05, 0.1) is 6.07 Å². The van der Waals surface area contributed by atoms with E-state index in [9.17, 15) is 0 Å². The van der Waals surface area contributed by atoms with Crippen LogP contribution in [0, 0.1) is 17.2 Å². The molecule has 0 saturated heterocycles. The molecular weight excluding hydrogens is 134 g/mol. The predicted octanol–water partition coefficient (Wildman–Crippen LogP) is 2.31. The Kier molecular flexibility index (Phi) is 2.36. The maximum absolute atomic E-state index is 8.41. The Hall–Kier alpha value is -0.220. The van der Waals surface area contributed by atoms with Gasteiger partial charge in [-0.1, -0.05) is 12.8 Å². The van der Waals surface area contributed by atoms with Gasteiger partial charge in [-0.25, -0.2) is 0 Å². The average molecular weight is 144 g/mol. The maximum atomic E-state index is 8.41. The zero-order valence-electron chi connectivity index (χ0n) is 5.31. The van der Waals surface area contributed by atoms with Crippen LogP contribution in [0.2, 0.25) is 0 Å². The summed E-state index contributed by atoms with van der Waals surface area (Å²) >= 11 is 5.71. The lowest BCUT2D eigenvalue weighted by Crippen LogP contribution is -2.07. The summed E-state index contributed by atoms with van der Waals surface area (Å²) < 4.78 is 0. The molecule has 50 valence electrons. The zero-order chi connectivity index (χ0) is 6.69. The molecular formula is C7H10ClN. The fraction of sp³-hybridized carbons (Fsp3) is 0.857. The molecule has 0 aromatic heterocycles. The number of rotatable bonds is 1. The van der Waals surface area contributed by atoms with Gasteiger partial charge in [0.1, 0.15) is 5.38 Å². The second kappa shape index (κ2) is 3.08. The van der Waals surface area contributed by atoms with Crippen molar-refractivity contribution in [3.05, 3.63) is 0 Å². The summed E-state index contributed by atoms with van der Waals surface area (Å²) in [7, 11) is 0. The SMILES string of the molecule is N#CC(Cl)C1CCCC1. The Bertz CT molecular complexity index is 121. The van der Waals surface area contributed by atoms with E-state index in [2.05, 4.69) is 6.07 Å². The molecule has 1 aliphatic rings. The highest BCUT2D eigenvalue weighted by Gasteiger charge is 2.22. The summed E-state index contributed by atoms with van der Waals surface area (Å²) in [6, 6.07) is 2.07.